The van der Waals surface area contributed by atoms with Crippen LogP contribution in [0.1, 0.15) is 60.8 Å². The van der Waals surface area contributed by atoms with E-state index < -0.39 is 0 Å². The van der Waals surface area contributed by atoms with Crippen molar-refractivity contribution >= 4 is 5.91 Å². The fourth-order valence-corrected chi connectivity index (χ4v) is 2.37. The second-order valence-electron chi connectivity index (χ2n) is 7.22. The summed E-state index contributed by atoms with van der Waals surface area (Å²) >= 11 is 0. The van der Waals surface area contributed by atoms with Crippen molar-refractivity contribution in [2.45, 2.75) is 60.8 Å². The maximum atomic E-state index is 10.5. The molecule has 0 saturated carbocycles. The standard InChI is InChI=1S/C9H20.C5H9NO/c1-8(2,3)7-9(4,5)6;1-6-4-2-3-5(6)7/h7H2,1-6H3;2-4H2,1H3. The quantitative estimate of drug-likeness (QED) is 0.618. The van der Waals surface area contributed by atoms with Crippen LogP contribution in [-0.2, 0) is 4.79 Å². The third-order valence-electron chi connectivity index (χ3n) is 2.37. The molecule has 1 aliphatic rings. The van der Waals surface area contributed by atoms with Crippen LogP contribution in [0.15, 0.2) is 0 Å². The lowest BCUT2D eigenvalue weighted by atomic mass is 9.78. The van der Waals surface area contributed by atoms with Crippen molar-refractivity contribution in [2.24, 2.45) is 10.8 Å². The summed E-state index contributed by atoms with van der Waals surface area (Å²) in [6.45, 7) is 14.7. The van der Waals surface area contributed by atoms with E-state index in [9.17, 15) is 4.79 Å². The molecule has 1 heterocycles. The van der Waals surface area contributed by atoms with Crippen molar-refractivity contribution in [1.29, 1.82) is 0 Å². The number of likely N-dealkylation sites (tertiary alicyclic amines) is 1. The largest absolute Gasteiger partial charge is 0.346 e. The van der Waals surface area contributed by atoms with Gasteiger partial charge in [-0.05, 0) is 23.7 Å². The van der Waals surface area contributed by atoms with Crippen molar-refractivity contribution < 1.29 is 4.79 Å². The summed E-state index contributed by atoms with van der Waals surface area (Å²) in [6, 6.07) is 0. The third-order valence-corrected chi connectivity index (χ3v) is 2.37. The highest BCUT2D eigenvalue weighted by atomic mass is 16.2. The molecular weight excluding hydrogens is 198 g/mol. The zero-order valence-corrected chi connectivity index (χ0v) is 12.2. The smallest absolute Gasteiger partial charge is 0.222 e. The molecule has 0 aliphatic carbocycles. The average molecular weight is 227 g/mol. The molecule has 1 rings (SSSR count). The minimum absolute atomic E-state index is 0.292. The summed E-state index contributed by atoms with van der Waals surface area (Å²) in [7, 11) is 1.84. The van der Waals surface area contributed by atoms with E-state index in [0.29, 0.717) is 16.7 Å². The van der Waals surface area contributed by atoms with Gasteiger partial charge in [0, 0.05) is 20.0 Å². The van der Waals surface area contributed by atoms with E-state index in [1.165, 1.54) is 6.42 Å². The van der Waals surface area contributed by atoms with E-state index in [2.05, 4.69) is 41.5 Å². The second kappa shape index (κ2) is 5.70. The molecule has 0 N–H and O–H groups in total. The molecule has 0 bridgehead atoms. The van der Waals surface area contributed by atoms with Crippen molar-refractivity contribution in [2.75, 3.05) is 13.6 Å². The molecular formula is C14H29NO. The van der Waals surface area contributed by atoms with Crippen LogP contribution in [0.4, 0.5) is 0 Å². The normalized spacial score (nSPS) is 17.2. The first-order valence-corrected chi connectivity index (χ1v) is 6.25. The Morgan fingerprint density at radius 3 is 1.56 bits per heavy atom. The topological polar surface area (TPSA) is 20.3 Å². The van der Waals surface area contributed by atoms with Crippen LogP contribution in [0.25, 0.3) is 0 Å². The Morgan fingerprint density at radius 2 is 1.50 bits per heavy atom. The van der Waals surface area contributed by atoms with Gasteiger partial charge in [-0.2, -0.15) is 0 Å². The summed E-state index contributed by atoms with van der Waals surface area (Å²) in [4.78, 5) is 12.3. The summed E-state index contributed by atoms with van der Waals surface area (Å²) in [5.41, 5.74) is 0.969. The zero-order chi connectivity index (χ0) is 13.0. The number of hydrogen-bond donors (Lipinski definition) is 0. The van der Waals surface area contributed by atoms with Gasteiger partial charge >= 0.3 is 0 Å². The first-order chi connectivity index (χ1) is 7.01. The predicted octanol–water partition coefficient (Wildman–Crippen LogP) is 3.71. The van der Waals surface area contributed by atoms with Gasteiger partial charge < -0.3 is 4.90 Å². The lowest BCUT2D eigenvalue weighted by Gasteiger charge is -2.28. The van der Waals surface area contributed by atoms with Crippen LogP contribution in [0.5, 0.6) is 0 Å². The summed E-state index contributed by atoms with van der Waals surface area (Å²) in [5.74, 6) is 0.292. The molecule has 1 aliphatic heterocycles. The Bertz CT molecular complexity index is 208. The summed E-state index contributed by atoms with van der Waals surface area (Å²) in [6.07, 6.45) is 3.10. The Balaban J connectivity index is 0.000000288. The Hall–Kier alpha value is -0.530. The van der Waals surface area contributed by atoms with E-state index >= 15 is 0 Å². The van der Waals surface area contributed by atoms with Gasteiger partial charge in [0.25, 0.3) is 0 Å². The molecule has 0 atom stereocenters. The molecule has 0 aromatic rings. The zero-order valence-electron chi connectivity index (χ0n) is 12.2. The van der Waals surface area contributed by atoms with Gasteiger partial charge in [-0.3, -0.25) is 4.79 Å². The van der Waals surface area contributed by atoms with Crippen LogP contribution < -0.4 is 0 Å². The maximum Gasteiger partial charge on any atom is 0.222 e. The fourth-order valence-electron chi connectivity index (χ4n) is 2.37. The van der Waals surface area contributed by atoms with Crippen molar-refractivity contribution in [3.8, 4) is 0 Å². The second-order valence-corrected chi connectivity index (χ2v) is 7.22. The minimum atomic E-state index is 0.292. The van der Waals surface area contributed by atoms with Crippen molar-refractivity contribution in [3.63, 3.8) is 0 Å². The van der Waals surface area contributed by atoms with Gasteiger partial charge in [-0.15, -0.1) is 0 Å². The predicted molar refractivity (Wildman–Crippen MR) is 70.4 cm³/mol. The summed E-state index contributed by atoms with van der Waals surface area (Å²) < 4.78 is 0. The van der Waals surface area contributed by atoms with E-state index in [1.807, 2.05) is 7.05 Å². The van der Waals surface area contributed by atoms with Crippen LogP contribution in [0.2, 0.25) is 0 Å². The van der Waals surface area contributed by atoms with Gasteiger partial charge in [0.05, 0.1) is 0 Å². The molecule has 1 fully saturated rings. The van der Waals surface area contributed by atoms with E-state index in [4.69, 9.17) is 0 Å². The average Bonchev–Trinajstić information content (AvgIpc) is 2.29. The fraction of sp³-hybridized carbons (Fsp3) is 0.929. The molecule has 0 unspecified atom stereocenters. The highest BCUT2D eigenvalue weighted by Crippen LogP contribution is 2.31. The van der Waals surface area contributed by atoms with Gasteiger partial charge in [-0.25, -0.2) is 0 Å². The van der Waals surface area contributed by atoms with Crippen LogP contribution in [0, 0.1) is 10.8 Å². The lowest BCUT2D eigenvalue weighted by molar-refractivity contribution is -0.126. The SMILES string of the molecule is CC(C)(C)CC(C)(C)C.CN1CCCC1=O. The maximum absolute atomic E-state index is 10.5. The van der Waals surface area contributed by atoms with Crippen LogP contribution in [0.3, 0.4) is 0 Å². The Labute approximate surface area is 101 Å². The van der Waals surface area contributed by atoms with Gasteiger partial charge in [0.15, 0.2) is 0 Å². The van der Waals surface area contributed by atoms with Gasteiger partial charge in [0.1, 0.15) is 0 Å². The summed E-state index contributed by atoms with van der Waals surface area (Å²) in [5, 5.41) is 0. The molecule has 1 amide bonds. The molecule has 96 valence electrons. The number of rotatable bonds is 0. The number of amides is 1. The number of nitrogens with zero attached hydrogens (tertiary/aromatic N) is 1. The van der Waals surface area contributed by atoms with Crippen LogP contribution >= 0.6 is 0 Å². The lowest BCUT2D eigenvalue weighted by Crippen LogP contribution is -2.17. The van der Waals surface area contributed by atoms with Crippen molar-refractivity contribution in [1.82, 2.24) is 4.90 Å². The number of hydrogen-bond acceptors (Lipinski definition) is 1. The van der Waals surface area contributed by atoms with E-state index in [0.717, 1.165) is 19.4 Å². The number of carbonyl (C=O) groups excluding carboxylic acids is 1. The van der Waals surface area contributed by atoms with Crippen molar-refractivity contribution in [3.05, 3.63) is 0 Å². The third kappa shape index (κ3) is 8.75. The van der Waals surface area contributed by atoms with Crippen LogP contribution in [-0.4, -0.2) is 24.4 Å². The highest BCUT2D eigenvalue weighted by Gasteiger charge is 2.20. The number of carbonyl (C=O) groups is 1. The molecule has 2 nitrogen and oxygen atoms in total. The minimum Gasteiger partial charge on any atom is -0.346 e. The highest BCUT2D eigenvalue weighted by molar-refractivity contribution is 5.77. The molecule has 0 spiro atoms. The van der Waals surface area contributed by atoms with E-state index in [1.54, 1.807) is 4.90 Å². The monoisotopic (exact) mass is 227 g/mol. The molecule has 0 aromatic carbocycles. The molecule has 16 heavy (non-hydrogen) atoms. The Kier molecular flexibility index (Phi) is 5.51. The molecule has 1 saturated heterocycles. The van der Waals surface area contributed by atoms with E-state index in [-0.39, 0.29) is 0 Å². The molecule has 2 heteroatoms. The molecule has 0 radical (unpaired) electrons. The van der Waals surface area contributed by atoms with Gasteiger partial charge in [-0.1, -0.05) is 41.5 Å². The molecule has 0 aromatic heterocycles. The Morgan fingerprint density at radius 1 is 1.06 bits per heavy atom. The van der Waals surface area contributed by atoms with Gasteiger partial charge in [0.2, 0.25) is 5.91 Å². The first-order valence-electron chi connectivity index (χ1n) is 6.25. The first kappa shape index (κ1) is 15.5.